The number of aliphatic hydroxyl groups is 1. The van der Waals surface area contributed by atoms with Crippen LogP contribution in [0.5, 0.6) is 0 Å². The molecule has 4 unspecified atom stereocenters. The first-order valence-electron chi connectivity index (χ1n) is 14.0. The molecule has 220 valence electrons. The van der Waals surface area contributed by atoms with Gasteiger partial charge in [-0.05, 0) is 57.2 Å². The van der Waals surface area contributed by atoms with Crippen molar-refractivity contribution in [1.82, 2.24) is 26.1 Å². The summed E-state index contributed by atoms with van der Waals surface area (Å²) in [6.45, 7) is 8.42. The Hall–Kier alpha value is -3.83. The van der Waals surface area contributed by atoms with E-state index in [0.717, 1.165) is 10.9 Å². The number of esters is 1. The number of cyclic esters (lactones) is 1. The number of rotatable bonds is 2. The number of hydrogen-bond donors (Lipinski definition) is 4. The minimum atomic E-state index is -1.27. The monoisotopic (exact) mass is 565 g/mol. The van der Waals surface area contributed by atoms with Crippen LogP contribution in [0.4, 0.5) is 0 Å². The zero-order valence-electron chi connectivity index (χ0n) is 24.1. The fourth-order valence-electron chi connectivity index (χ4n) is 4.79. The van der Waals surface area contributed by atoms with Crippen molar-refractivity contribution in [2.75, 3.05) is 13.2 Å². The van der Waals surface area contributed by atoms with E-state index in [-0.39, 0.29) is 18.4 Å². The van der Waals surface area contributed by atoms with E-state index in [1.165, 1.54) is 5.01 Å². The molecule has 11 heteroatoms. The molecule has 4 N–H and O–H groups in total. The van der Waals surface area contributed by atoms with E-state index >= 15 is 0 Å². The van der Waals surface area contributed by atoms with Crippen LogP contribution in [-0.2, 0) is 23.9 Å². The van der Waals surface area contributed by atoms with Gasteiger partial charge in [0.25, 0.3) is 5.91 Å². The van der Waals surface area contributed by atoms with Crippen LogP contribution in [0.3, 0.4) is 0 Å². The molecule has 5 bridgehead atoms. The fraction of sp³-hybridized carbons (Fsp3) is 0.500. The molecule has 2 aromatic rings. The SMILES string of the molecule is CC1OC(=O)C2CCCN(N2)C(=O)C(CO)NC(=O)C(C(C)C)NC(=O)C(C)(C)C=Cc2ccc3ccc1nc3c2. The van der Waals surface area contributed by atoms with Crippen LogP contribution in [0.15, 0.2) is 36.4 Å². The van der Waals surface area contributed by atoms with Gasteiger partial charge in [-0.2, -0.15) is 0 Å². The van der Waals surface area contributed by atoms with Gasteiger partial charge in [-0.1, -0.05) is 44.2 Å². The van der Waals surface area contributed by atoms with Gasteiger partial charge in [0.1, 0.15) is 24.2 Å². The maximum Gasteiger partial charge on any atom is 0.325 e. The molecule has 0 spiro atoms. The molecule has 0 aliphatic carbocycles. The quantitative estimate of drug-likeness (QED) is 0.404. The number of fused-ring (bicyclic) bond motifs is 4. The lowest BCUT2D eigenvalue weighted by Crippen LogP contribution is -2.62. The zero-order chi connectivity index (χ0) is 29.9. The molecular weight excluding hydrogens is 526 g/mol. The number of aliphatic hydroxyl groups excluding tert-OH is 1. The normalized spacial score (nSPS) is 26.1. The third kappa shape index (κ3) is 6.91. The number of carbonyl (C=O) groups excluding carboxylic acids is 4. The first-order chi connectivity index (χ1) is 19.4. The van der Waals surface area contributed by atoms with E-state index in [9.17, 15) is 24.3 Å². The Morgan fingerprint density at radius 1 is 1.12 bits per heavy atom. The molecule has 11 nitrogen and oxygen atoms in total. The van der Waals surface area contributed by atoms with Gasteiger partial charge in [0, 0.05) is 11.9 Å². The predicted octanol–water partition coefficient (Wildman–Crippen LogP) is 2.01. The average molecular weight is 566 g/mol. The van der Waals surface area contributed by atoms with Crippen LogP contribution >= 0.6 is 0 Å². The highest BCUT2D eigenvalue weighted by Crippen LogP contribution is 2.24. The lowest BCUT2D eigenvalue weighted by Gasteiger charge is -2.35. The fourth-order valence-corrected chi connectivity index (χ4v) is 4.79. The molecule has 2 aliphatic heterocycles. The summed E-state index contributed by atoms with van der Waals surface area (Å²) in [6, 6.07) is 6.45. The molecule has 1 aromatic heterocycles. The highest BCUT2D eigenvalue weighted by atomic mass is 16.5. The van der Waals surface area contributed by atoms with Crippen LogP contribution in [0.25, 0.3) is 17.0 Å². The van der Waals surface area contributed by atoms with Gasteiger partial charge in [-0.15, -0.1) is 0 Å². The Bertz CT molecular complexity index is 1360. The van der Waals surface area contributed by atoms with Crippen molar-refractivity contribution in [1.29, 1.82) is 0 Å². The van der Waals surface area contributed by atoms with E-state index in [4.69, 9.17) is 9.72 Å². The minimum Gasteiger partial charge on any atom is -0.455 e. The highest BCUT2D eigenvalue weighted by molar-refractivity contribution is 5.94. The third-order valence-corrected chi connectivity index (χ3v) is 7.49. The summed E-state index contributed by atoms with van der Waals surface area (Å²) >= 11 is 0. The summed E-state index contributed by atoms with van der Waals surface area (Å²) in [5.74, 6) is -2.39. The molecule has 0 radical (unpaired) electrons. The summed E-state index contributed by atoms with van der Waals surface area (Å²) in [5, 5.41) is 17.5. The Balaban J connectivity index is 1.72. The molecule has 4 rings (SSSR count). The molecular formula is C30H39N5O6. The van der Waals surface area contributed by atoms with Crippen LogP contribution in [0.1, 0.15) is 64.8 Å². The summed E-state index contributed by atoms with van der Waals surface area (Å²) in [6.07, 6.45) is 3.90. The largest absolute Gasteiger partial charge is 0.455 e. The number of benzene rings is 1. The maximum absolute atomic E-state index is 13.3. The predicted molar refractivity (Wildman–Crippen MR) is 153 cm³/mol. The van der Waals surface area contributed by atoms with Gasteiger partial charge in [-0.25, -0.2) is 10.4 Å². The highest BCUT2D eigenvalue weighted by Gasteiger charge is 2.36. The molecule has 4 atom stereocenters. The standard InChI is InChI=1S/C30H39N5O6/c1-17(2)25-26(37)32-24(16-36)27(38)35-14-6-7-22(34-35)28(39)41-18(3)21-11-10-20-9-8-19(15-23(20)31-21)12-13-30(4,5)29(40)33-25/h8-13,15,17-18,22,24-25,34,36H,6-7,14,16H2,1-5H3,(H,32,37)(H,33,40). The molecule has 2 aliphatic rings. The molecule has 41 heavy (non-hydrogen) atoms. The number of amides is 3. The number of hydrogen-bond acceptors (Lipinski definition) is 8. The first-order valence-corrected chi connectivity index (χ1v) is 14.0. The lowest BCUT2D eigenvalue weighted by molar-refractivity contribution is -0.157. The van der Waals surface area contributed by atoms with Crippen molar-refractivity contribution in [2.24, 2.45) is 11.3 Å². The van der Waals surface area contributed by atoms with E-state index in [1.807, 2.05) is 36.4 Å². The number of nitrogens with one attached hydrogen (secondary N) is 3. The van der Waals surface area contributed by atoms with Crippen LogP contribution in [0.2, 0.25) is 0 Å². The topological polar surface area (TPSA) is 150 Å². The van der Waals surface area contributed by atoms with Gasteiger partial charge in [-0.3, -0.25) is 24.2 Å². The molecule has 1 saturated heterocycles. The Labute approximate surface area is 239 Å². The summed E-state index contributed by atoms with van der Waals surface area (Å²) < 4.78 is 5.72. The number of ether oxygens (including phenoxy) is 1. The first kappa shape index (κ1) is 30.1. The van der Waals surface area contributed by atoms with E-state index in [1.54, 1.807) is 40.7 Å². The molecule has 3 heterocycles. The number of nitrogens with zero attached hydrogens (tertiary/aromatic N) is 2. The van der Waals surface area contributed by atoms with Gasteiger partial charge < -0.3 is 20.5 Å². The van der Waals surface area contributed by atoms with Crippen molar-refractivity contribution >= 4 is 40.7 Å². The van der Waals surface area contributed by atoms with Gasteiger partial charge in [0.15, 0.2) is 0 Å². The Morgan fingerprint density at radius 3 is 2.56 bits per heavy atom. The van der Waals surface area contributed by atoms with Crippen LogP contribution in [0, 0.1) is 11.3 Å². The van der Waals surface area contributed by atoms with Crippen LogP contribution in [-0.4, -0.2) is 70.1 Å². The number of aromatic nitrogens is 1. The maximum atomic E-state index is 13.3. The van der Waals surface area contributed by atoms with Crippen molar-refractivity contribution in [3.63, 3.8) is 0 Å². The number of hydrazine groups is 1. The summed E-state index contributed by atoms with van der Waals surface area (Å²) in [7, 11) is 0. The minimum absolute atomic E-state index is 0.282. The second-order valence-corrected chi connectivity index (χ2v) is 11.6. The number of pyridine rings is 1. The Kier molecular flexibility index (Phi) is 9.08. The number of carbonyl (C=O) groups is 4. The van der Waals surface area contributed by atoms with Crippen molar-refractivity contribution < 1.29 is 29.0 Å². The van der Waals surface area contributed by atoms with Crippen LogP contribution < -0.4 is 16.1 Å². The molecule has 1 fully saturated rings. The van der Waals surface area contributed by atoms with Crippen molar-refractivity contribution in [3.8, 4) is 0 Å². The van der Waals surface area contributed by atoms with Gasteiger partial charge >= 0.3 is 5.97 Å². The molecule has 1 aromatic carbocycles. The second-order valence-electron chi connectivity index (χ2n) is 11.6. The van der Waals surface area contributed by atoms with E-state index < -0.39 is 54.0 Å². The smallest absolute Gasteiger partial charge is 0.325 e. The summed E-state index contributed by atoms with van der Waals surface area (Å²) in [5.41, 5.74) is 4.03. The summed E-state index contributed by atoms with van der Waals surface area (Å²) in [4.78, 5) is 57.6. The molecule has 3 amide bonds. The van der Waals surface area contributed by atoms with E-state index in [0.29, 0.717) is 24.1 Å². The molecule has 0 saturated carbocycles. The van der Waals surface area contributed by atoms with E-state index in [2.05, 4.69) is 16.1 Å². The zero-order valence-corrected chi connectivity index (χ0v) is 24.1. The van der Waals surface area contributed by atoms with Gasteiger partial charge in [0.05, 0.1) is 23.2 Å². The van der Waals surface area contributed by atoms with Gasteiger partial charge in [0.2, 0.25) is 11.8 Å². The lowest BCUT2D eigenvalue weighted by atomic mass is 9.89. The van der Waals surface area contributed by atoms with Crippen molar-refractivity contribution in [2.45, 2.75) is 71.7 Å². The second kappa shape index (κ2) is 12.4. The average Bonchev–Trinajstić information content (AvgIpc) is 2.95. The third-order valence-electron chi connectivity index (χ3n) is 7.49. The Morgan fingerprint density at radius 2 is 1.85 bits per heavy atom. The van der Waals surface area contributed by atoms with Crippen molar-refractivity contribution in [3.05, 3.63) is 47.7 Å².